The van der Waals surface area contributed by atoms with Gasteiger partial charge in [0.05, 0.1) is 39.8 Å². The Kier molecular flexibility index (Phi) is 8.29. The molecule has 3 heterocycles. The maximum Gasteiger partial charge on any atom is 0.153 e. The van der Waals surface area contributed by atoms with Gasteiger partial charge in [-0.3, -0.25) is 4.79 Å². The van der Waals surface area contributed by atoms with Crippen molar-refractivity contribution in [2.45, 2.75) is 51.6 Å². The molecule has 1 aliphatic heterocycles. The first-order chi connectivity index (χ1) is 19.1. The second-order valence-electron chi connectivity index (χ2n) is 10.8. The molecule has 2 aliphatic rings. The molecule has 1 saturated carbocycles. The van der Waals surface area contributed by atoms with E-state index in [-0.39, 0.29) is 36.0 Å². The number of hydrogen-bond donors (Lipinski definition) is 0. The average Bonchev–Trinajstić information content (AvgIpc) is 3.38. The molecule has 1 saturated heterocycles. The van der Waals surface area contributed by atoms with E-state index in [4.69, 9.17) is 4.98 Å². The number of aryl methyl sites for hydroxylation is 1. The lowest BCUT2D eigenvalue weighted by Gasteiger charge is -2.32. The summed E-state index contributed by atoms with van der Waals surface area (Å²) in [6, 6.07) is 13.8. The summed E-state index contributed by atoms with van der Waals surface area (Å²) in [6.45, 7) is 4.50. The predicted molar refractivity (Wildman–Crippen MR) is 154 cm³/mol. The SMILES string of the molecule is Cc1ccc(-c2nc([C@@H]3CC[C@H](F)C[C@H]3C(=O)C[C@@H](C)C#N)c(-c3ccc(N4CCS(=O)(=O)CC4)cc3)s2)nn1. The number of benzene rings is 1. The van der Waals surface area contributed by atoms with Crippen LogP contribution in [0.4, 0.5) is 10.1 Å². The molecule has 3 aromatic rings. The van der Waals surface area contributed by atoms with Gasteiger partial charge in [-0.25, -0.2) is 17.8 Å². The van der Waals surface area contributed by atoms with Gasteiger partial charge >= 0.3 is 0 Å². The van der Waals surface area contributed by atoms with Gasteiger partial charge in [-0.15, -0.1) is 16.4 Å². The third-order valence-electron chi connectivity index (χ3n) is 7.79. The van der Waals surface area contributed by atoms with E-state index in [0.717, 1.165) is 27.5 Å². The quantitative estimate of drug-likeness (QED) is 0.376. The van der Waals surface area contributed by atoms with Gasteiger partial charge in [-0.2, -0.15) is 10.4 Å². The maximum absolute atomic E-state index is 14.6. The van der Waals surface area contributed by atoms with Crippen molar-refractivity contribution in [2.75, 3.05) is 29.5 Å². The Morgan fingerprint density at radius 3 is 2.52 bits per heavy atom. The molecular weight excluding hydrogens is 549 g/mol. The molecule has 0 N–H and O–H groups in total. The van der Waals surface area contributed by atoms with Gasteiger partial charge in [0, 0.05) is 37.0 Å². The van der Waals surface area contributed by atoms with E-state index in [2.05, 4.69) is 21.2 Å². The second kappa shape index (κ2) is 11.7. The molecule has 40 heavy (non-hydrogen) atoms. The van der Waals surface area contributed by atoms with Crippen LogP contribution < -0.4 is 4.90 Å². The zero-order valence-corrected chi connectivity index (χ0v) is 24.2. The van der Waals surface area contributed by atoms with Crippen LogP contribution in [0.5, 0.6) is 0 Å². The lowest BCUT2D eigenvalue weighted by molar-refractivity contribution is -0.125. The monoisotopic (exact) mass is 581 g/mol. The van der Waals surface area contributed by atoms with Crippen molar-refractivity contribution < 1.29 is 17.6 Å². The van der Waals surface area contributed by atoms with Gasteiger partial charge in [0.25, 0.3) is 0 Å². The highest BCUT2D eigenvalue weighted by Gasteiger charge is 2.39. The van der Waals surface area contributed by atoms with Crippen molar-refractivity contribution in [2.24, 2.45) is 11.8 Å². The predicted octanol–water partition coefficient (Wildman–Crippen LogP) is 5.15. The van der Waals surface area contributed by atoms with Crippen LogP contribution in [-0.4, -0.2) is 60.1 Å². The summed E-state index contributed by atoms with van der Waals surface area (Å²) in [6.07, 6.45) is 0.0273. The Morgan fingerprint density at radius 2 is 1.88 bits per heavy atom. The maximum atomic E-state index is 14.6. The molecule has 0 unspecified atom stereocenters. The molecule has 0 bridgehead atoms. The average molecular weight is 582 g/mol. The van der Waals surface area contributed by atoms with Crippen LogP contribution >= 0.6 is 11.3 Å². The van der Waals surface area contributed by atoms with Gasteiger partial charge in [-0.1, -0.05) is 12.1 Å². The van der Waals surface area contributed by atoms with E-state index < -0.39 is 27.8 Å². The molecule has 1 aliphatic carbocycles. The zero-order chi connectivity index (χ0) is 28.4. The van der Waals surface area contributed by atoms with E-state index >= 15 is 0 Å². The number of carbonyl (C=O) groups excluding carboxylic acids is 1. The second-order valence-corrected chi connectivity index (χ2v) is 14.1. The summed E-state index contributed by atoms with van der Waals surface area (Å²) in [7, 11) is -2.98. The van der Waals surface area contributed by atoms with Crippen molar-refractivity contribution in [3.63, 3.8) is 0 Å². The number of alkyl halides is 1. The van der Waals surface area contributed by atoms with E-state index in [1.807, 2.05) is 43.3 Å². The summed E-state index contributed by atoms with van der Waals surface area (Å²) in [5.74, 6) is -1.05. The minimum Gasteiger partial charge on any atom is -0.369 e. The Labute approximate surface area is 238 Å². The molecule has 1 aromatic carbocycles. The van der Waals surface area contributed by atoms with E-state index in [0.29, 0.717) is 36.6 Å². The first-order valence-electron chi connectivity index (χ1n) is 13.6. The summed E-state index contributed by atoms with van der Waals surface area (Å²) >= 11 is 1.48. The first kappa shape index (κ1) is 28.3. The smallest absolute Gasteiger partial charge is 0.153 e. The van der Waals surface area contributed by atoms with Gasteiger partial charge < -0.3 is 4.90 Å². The fraction of sp³-hybridized carbons (Fsp3) is 0.483. The highest BCUT2D eigenvalue weighted by molar-refractivity contribution is 7.91. The largest absolute Gasteiger partial charge is 0.369 e. The molecule has 2 aromatic heterocycles. The third kappa shape index (κ3) is 6.23. The first-order valence-corrected chi connectivity index (χ1v) is 16.2. The molecular formula is C29H32FN5O3S2. The van der Waals surface area contributed by atoms with Gasteiger partial charge in [-0.05, 0) is 62.9 Å². The summed E-state index contributed by atoms with van der Waals surface area (Å²) in [4.78, 5) is 21.3. The molecule has 2 fully saturated rings. The van der Waals surface area contributed by atoms with E-state index in [1.165, 1.54) is 11.3 Å². The molecule has 0 spiro atoms. The van der Waals surface area contributed by atoms with Crippen LogP contribution in [-0.2, 0) is 14.6 Å². The number of halogens is 1. The molecule has 0 radical (unpaired) electrons. The summed E-state index contributed by atoms with van der Waals surface area (Å²) < 4.78 is 38.3. The summed E-state index contributed by atoms with van der Waals surface area (Å²) in [5.41, 5.74) is 4.06. The number of nitriles is 1. The normalized spacial score (nSPS) is 23.4. The van der Waals surface area contributed by atoms with Crippen LogP contribution in [0.25, 0.3) is 21.1 Å². The topological polar surface area (TPSA) is 117 Å². The van der Waals surface area contributed by atoms with Crippen molar-refractivity contribution in [3.05, 3.63) is 47.8 Å². The van der Waals surface area contributed by atoms with Crippen molar-refractivity contribution in [1.82, 2.24) is 15.2 Å². The number of sulfone groups is 1. The van der Waals surface area contributed by atoms with E-state index in [9.17, 15) is 22.9 Å². The van der Waals surface area contributed by atoms with Crippen molar-refractivity contribution in [3.8, 4) is 27.2 Å². The number of thiazole rings is 1. The highest BCUT2D eigenvalue weighted by atomic mass is 32.2. The van der Waals surface area contributed by atoms with Crippen molar-refractivity contribution in [1.29, 1.82) is 5.26 Å². The van der Waals surface area contributed by atoms with Crippen LogP contribution in [0.1, 0.15) is 49.9 Å². The fourth-order valence-corrected chi connectivity index (χ4v) is 7.82. The number of aromatic nitrogens is 3. The van der Waals surface area contributed by atoms with Crippen LogP contribution in [0.2, 0.25) is 0 Å². The Hall–Kier alpha value is -3.23. The number of hydrogen-bond acceptors (Lipinski definition) is 9. The molecule has 4 atom stereocenters. The van der Waals surface area contributed by atoms with Crippen molar-refractivity contribution >= 4 is 32.6 Å². The fourth-order valence-electron chi connectivity index (χ4n) is 5.51. The van der Waals surface area contributed by atoms with E-state index in [1.54, 1.807) is 6.92 Å². The van der Waals surface area contributed by atoms with Crippen LogP contribution in [0, 0.1) is 30.1 Å². The molecule has 210 valence electrons. The highest BCUT2D eigenvalue weighted by Crippen LogP contribution is 2.47. The number of ketones is 1. The molecule has 0 amide bonds. The standard InChI is InChI=1S/C29H32FN5O3S2/c1-18(17-31)15-26(36)24-16-21(30)6-9-23(24)27-28(39-29(32-27)25-10-3-19(2)33-34-25)20-4-7-22(8-5-20)35-11-13-40(37,38)14-12-35/h3-5,7-8,10,18,21,23-24H,6,9,11-16H2,1-2H3/t18-,21+,23-,24-/m1/s1. The summed E-state index contributed by atoms with van der Waals surface area (Å²) in [5, 5.41) is 18.5. The van der Waals surface area contributed by atoms with Crippen LogP contribution in [0.3, 0.4) is 0 Å². The number of nitrogens with zero attached hydrogens (tertiary/aromatic N) is 5. The molecule has 5 rings (SSSR count). The minimum atomic E-state index is -2.98. The number of rotatable bonds is 7. The Balaban J connectivity index is 1.52. The molecule has 8 nitrogen and oxygen atoms in total. The number of carbonyl (C=O) groups is 1. The minimum absolute atomic E-state index is 0.0903. The lowest BCUT2D eigenvalue weighted by Crippen LogP contribution is -2.40. The van der Waals surface area contributed by atoms with Crippen LogP contribution in [0.15, 0.2) is 36.4 Å². The van der Waals surface area contributed by atoms with Gasteiger partial charge in [0.2, 0.25) is 0 Å². The van der Waals surface area contributed by atoms with Gasteiger partial charge in [0.1, 0.15) is 22.7 Å². The number of anilines is 1. The molecule has 11 heteroatoms. The Bertz CT molecular complexity index is 1500. The third-order valence-corrected chi connectivity index (χ3v) is 10.5. The Morgan fingerprint density at radius 1 is 1.15 bits per heavy atom. The lowest BCUT2D eigenvalue weighted by atomic mass is 9.72. The van der Waals surface area contributed by atoms with Gasteiger partial charge in [0.15, 0.2) is 9.84 Å². The number of Topliss-reactive ketones (excluding diaryl/α,β-unsaturated/α-hetero) is 1. The zero-order valence-electron chi connectivity index (χ0n) is 22.6.